The van der Waals surface area contributed by atoms with Crippen molar-refractivity contribution in [1.82, 2.24) is 0 Å². The second-order valence-electron chi connectivity index (χ2n) is 7.38. The lowest BCUT2D eigenvalue weighted by molar-refractivity contribution is -0.0506. The van der Waals surface area contributed by atoms with Gasteiger partial charge < -0.3 is 4.74 Å². The van der Waals surface area contributed by atoms with Crippen LogP contribution in [0.4, 0.5) is 8.78 Å². The highest BCUT2D eigenvalue weighted by Crippen LogP contribution is 2.46. The van der Waals surface area contributed by atoms with E-state index in [1.807, 2.05) is 0 Å². The number of alkyl halides is 2. The summed E-state index contributed by atoms with van der Waals surface area (Å²) >= 11 is 0. The van der Waals surface area contributed by atoms with Crippen LogP contribution in [0.3, 0.4) is 0 Å². The maximum atomic E-state index is 12.8. The van der Waals surface area contributed by atoms with E-state index in [1.165, 1.54) is 6.07 Å². The monoisotopic (exact) mass is 332 g/mol. The van der Waals surface area contributed by atoms with Gasteiger partial charge in [-0.05, 0) is 30.7 Å². The van der Waals surface area contributed by atoms with E-state index < -0.39 is 11.9 Å². The molecule has 24 heavy (non-hydrogen) atoms. The second-order valence-corrected chi connectivity index (χ2v) is 7.38. The molecule has 1 aliphatic rings. The highest BCUT2D eigenvalue weighted by atomic mass is 19.3. The summed E-state index contributed by atoms with van der Waals surface area (Å²) in [6.07, 6.45) is 1.59. The molecule has 0 aromatic heterocycles. The van der Waals surface area contributed by atoms with Crippen molar-refractivity contribution in [3.05, 3.63) is 41.5 Å². The van der Waals surface area contributed by atoms with Gasteiger partial charge in [-0.25, -0.2) is 0 Å². The van der Waals surface area contributed by atoms with E-state index in [4.69, 9.17) is 12.6 Å². The minimum Gasteiger partial charge on any atom is -0.435 e. The van der Waals surface area contributed by atoms with Gasteiger partial charge in [0.1, 0.15) is 5.75 Å². The molecular formula is C19H23BF2O2. The van der Waals surface area contributed by atoms with E-state index in [0.29, 0.717) is 23.5 Å². The third-order valence-corrected chi connectivity index (χ3v) is 4.45. The van der Waals surface area contributed by atoms with Crippen LogP contribution >= 0.6 is 0 Å². The van der Waals surface area contributed by atoms with Gasteiger partial charge in [0.05, 0.1) is 7.85 Å². The smallest absolute Gasteiger partial charge is 0.387 e. The fourth-order valence-corrected chi connectivity index (χ4v) is 3.33. The Labute approximate surface area is 143 Å². The zero-order valence-corrected chi connectivity index (χ0v) is 14.4. The maximum Gasteiger partial charge on any atom is 0.387 e. The molecule has 5 heteroatoms. The summed E-state index contributed by atoms with van der Waals surface area (Å²) in [6.45, 7) is 6.71. The van der Waals surface area contributed by atoms with E-state index in [0.717, 1.165) is 12.0 Å². The lowest BCUT2D eigenvalue weighted by atomic mass is 9.68. The van der Waals surface area contributed by atoms with Crippen molar-refractivity contribution in [3.8, 4) is 5.75 Å². The summed E-state index contributed by atoms with van der Waals surface area (Å²) in [6, 6.07) is 4.75. The molecule has 2 rings (SSSR count). The Kier molecular flexibility index (Phi) is 5.51. The summed E-state index contributed by atoms with van der Waals surface area (Å²) in [7, 11) is 5.95. The minimum absolute atomic E-state index is 0.0395. The molecule has 1 saturated carbocycles. The average molecular weight is 332 g/mol. The van der Waals surface area contributed by atoms with Crippen molar-refractivity contribution < 1.29 is 18.3 Å². The first-order valence-electron chi connectivity index (χ1n) is 8.16. The molecule has 2 radical (unpaired) electrons. The van der Waals surface area contributed by atoms with Gasteiger partial charge in [-0.3, -0.25) is 4.79 Å². The highest BCUT2D eigenvalue weighted by molar-refractivity contribution is 6.17. The molecule has 2 unspecified atom stereocenters. The fraction of sp³-hybridized carbons (Fsp3) is 0.526. The molecule has 1 aliphatic carbocycles. The van der Waals surface area contributed by atoms with Gasteiger partial charge in [-0.2, -0.15) is 8.78 Å². The fourth-order valence-electron chi connectivity index (χ4n) is 3.33. The van der Waals surface area contributed by atoms with Crippen LogP contribution in [0, 0.1) is 5.92 Å². The Morgan fingerprint density at radius 2 is 2.12 bits per heavy atom. The standard InChI is InChI=1S/C19H23BF2O2/c1-11-8-13(9-12(11)2)17-14(15(23)10-19(3,4)20)6-5-7-16(17)24-18(21)22/h5-7,12-13,18H,1,8-10H2,2-4H3. The number of carbonyl (C=O) groups excluding carboxylic acids is 1. The first-order chi connectivity index (χ1) is 11.1. The normalized spacial score (nSPS) is 21.3. The summed E-state index contributed by atoms with van der Waals surface area (Å²) in [5, 5.41) is -0.666. The Bertz CT molecular complexity index is 635. The van der Waals surface area contributed by atoms with Crippen molar-refractivity contribution in [2.75, 3.05) is 0 Å². The van der Waals surface area contributed by atoms with Crippen LogP contribution in [0.2, 0.25) is 5.31 Å². The molecule has 0 bridgehead atoms. The van der Waals surface area contributed by atoms with Crippen LogP contribution in [0.25, 0.3) is 0 Å². The largest absolute Gasteiger partial charge is 0.435 e. The Morgan fingerprint density at radius 1 is 1.46 bits per heavy atom. The number of ether oxygens (including phenoxy) is 1. The van der Waals surface area contributed by atoms with Gasteiger partial charge in [0, 0.05) is 17.5 Å². The first kappa shape index (κ1) is 18.7. The van der Waals surface area contributed by atoms with E-state index >= 15 is 0 Å². The molecule has 2 atom stereocenters. The number of hydrogen-bond donors (Lipinski definition) is 0. The molecule has 0 spiro atoms. The van der Waals surface area contributed by atoms with Gasteiger partial charge in [0.15, 0.2) is 5.78 Å². The van der Waals surface area contributed by atoms with Gasteiger partial charge in [-0.15, -0.1) is 0 Å². The Hall–Kier alpha value is -1.65. The summed E-state index contributed by atoms with van der Waals surface area (Å²) in [5.41, 5.74) is 2.07. The quantitative estimate of drug-likeness (QED) is 0.401. The topological polar surface area (TPSA) is 26.3 Å². The molecule has 0 aliphatic heterocycles. The van der Waals surface area contributed by atoms with Crippen molar-refractivity contribution in [2.24, 2.45) is 5.92 Å². The zero-order chi connectivity index (χ0) is 18.1. The van der Waals surface area contributed by atoms with Crippen molar-refractivity contribution in [2.45, 2.75) is 57.9 Å². The lowest BCUT2D eigenvalue weighted by Gasteiger charge is -2.22. The van der Waals surface area contributed by atoms with Crippen molar-refractivity contribution in [3.63, 3.8) is 0 Å². The molecular weight excluding hydrogens is 309 g/mol. The second kappa shape index (κ2) is 7.08. The van der Waals surface area contributed by atoms with Crippen LogP contribution in [0.5, 0.6) is 5.75 Å². The SMILES string of the molecule is [B]C(C)(C)CC(=O)c1cccc(OC(F)F)c1C1CC(=C)C(C)C1. The van der Waals surface area contributed by atoms with Crippen LogP contribution < -0.4 is 4.74 Å². The molecule has 1 fully saturated rings. The third kappa shape index (κ3) is 4.46. The first-order valence-corrected chi connectivity index (χ1v) is 8.16. The number of allylic oxidation sites excluding steroid dienone is 1. The van der Waals surface area contributed by atoms with E-state index in [-0.39, 0.29) is 23.9 Å². The summed E-state index contributed by atoms with van der Waals surface area (Å²) < 4.78 is 30.3. The highest BCUT2D eigenvalue weighted by Gasteiger charge is 2.32. The molecule has 0 amide bonds. The Balaban J connectivity index is 2.46. The average Bonchev–Trinajstić information content (AvgIpc) is 2.75. The molecule has 0 heterocycles. The number of halogens is 2. The van der Waals surface area contributed by atoms with Gasteiger partial charge in [0.25, 0.3) is 0 Å². The van der Waals surface area contributed by atoms with Gasteiger partial charge in [0.2, 0.25) is 0 Å². The molecule has 1 aromatic carbocycles. The number of carbonyl (C=O) groups is 1. The molecule has 2 nitrogen and oxygen atoms in total. The van der Waals surface area contributed by atoms with E-state index in [1.54, 1.807) is 26.0 Å². The van der Waals surface area contributed by atoms with E-state index in [9.17, 15) is 13.6 Å². The summed E-state index contributed by atoms with van der Waals surface area (Å²) in [5.74, 6) is 0.186. The third-order valence-electron chi connectivity index (χ3n) is 4.45. The molecule has 0 N–H and O–H groups in total. The Morgan fingerprint density at radius 3 is 2.62 bits per heavy atom. The predicted octanol–water partition coefficient (Wildman–Crippen LogP) is 5.30. The lowest BCUT2D eigenvalue weighted by Crippen LogP contribution is -2.15. The van der Waals surface area contributed by atoms with Crippen LogP contribution in [-0.2, 0) is 0 Å². The van der Waals surface area contributed by atoms with Gasteiger partial charge >= 0.3 is 6.61 Å². The van der Waals surface area contributed by atoms with Gasteiger partial charge in [-0.1, -0.05) is 50.4 Å². The van der Waals surface area contributed by atoms with Crippen LogP contribution in [0.1, 0.15) is 61.9 Å². The van der Waals surface area contributed by atoms with Crippen LogP contribution in [0.15, 0.2) is 30.4 Å². The molecule has 128 valence electrons. The summed E-state index contributed by atoms with van der Waals surface area (Å²) in [4.78, 5) is 12.7. The number of rotatable bonds is 6. The number of hydrogen-bond acceptors (Lipinski definition) is 2. The zero-order valence-electron chi connectivity index (χ0n) is 14.4. The predicted molar refractivity (Wildman–Crippen MR) is 92.1 cm³/mol. The van der Waals surface area contributed by atoms with Crippen molar-refractivity contribution >= 4 is 13.6 Å². The number of Topliss-reactive ketones (excluding diaryl/α,β-unsaturated/α-hetero) is 1. The van der Waals surface area contributed by atoms with E-state index in [2.05, 4.69) is 13.5 Å². The maximum absolute atomic E-state index is 12.8. The molecule has 1 aromatic rings. The number of benzene rings is 1. The minimum atomic E-state index is -2.93. The molecule has 0 saturated heterocycles. The van der Waals surface area contributed by atoms with Crippen molar-refractivity contribution in [1.29, 1.82) is 0 Å². The number of ketones is 1. The van der Waals surface area contributed by atoms with Crippen LogP contribution in [-0.4, -0.2) is 20.2 Å².